The van der Waals surface area contributed by atoms with Gasteiger partial charge in [0.05, 0.1) is 12.1 Å². The Kier molecular flexibility index (Phi) is 3.82. The fourth-order valence-electron chi connectivity index (χ4n) is 2.35. The highest BCUT2D eigenvalue weighted by atomic mass is 16.2. The number of anilines is 1. The minimum absolute atomic E-state index is 0.0613. The van der Waals surface area contributed by atoms with Crippen molar-refractivity contribution in [1.29, 1.82) is 0 Å². The Balaban J connectivity index is 1.55. The van der Waals surface area contributed by atoms with Crippen LogP contribution >= 0.6 is 0 Å². The standard InChI is InChI=1S/C16H16N4O2/c1-11-3-2-4-13(7-11)19-15(21)12-9-20(10-12)16(22)14-8-17-5-6-18-14/h2-8,12H,9-10H2,1H3,(H,19,21). The summed E-state index contributed by atoms with van der Waals surface area (Å²) in [5.74, 6) is -0.428. The first-order chi connectivity index (χ1) is 10.6. The van der Waals surface area contributed by atoms with Gasteiger partial charge in [0.1, 0.15) is 5.69 Å². The minimum Gasteiger partial charge on any atom is -0.336 e. The van der Waals surface area contributed by atoms with Gasteiger partial charge in [-0.15, -0.1) is 0 Å². The molecule has 3 rings (SSSR count). The summed E-state index contributed by atoms with van der Waals surface area (Å²) < 4.78 is 0. The number of carbonyl (C=O) groups excluding carboxylic acids is 2. The van der Waals surface area contributed by atoms with Crippen LogP contribution in [0.15, 0.2) is 42.9 Å². The highest BCUT2D eigenvalue weighted by molar-refractivity contribution is 5.97. The van der Waals surface area contributed by atoms with Gasteiger partial charge in [0.25, 0.3) is 5.91 Å². The van der Waals surface area contributed by atoms with Crippen LogP contribution in [0, 0.1) is 12.8 Å². The van der Waals surface area contributed by atoms with E-state index in [-0.39, 0.29) is 17.7 Å². The SMILES string of the molecule is Cc1cccc(NC(=O)C2CN(C(=O)c3cnccn3)C2)c1. The molecule has 1 N–H and O–H groups in total. The number of rotatable bonds is 3. The Hall–Kier alpha value is -2.76. The van der Waals surface area contributed by atoms with E-state index in [0.29, 0.717) is 18.8 Å². The van der Waals surface area contributed by atoms with Crippen molar-refractivity contribution in [2.45, 2.75) is 6.92 Å². The molecule has 2 aromatic rings. The molecule has 6 heteroatoms. The molecule has 1 aromatic carbocycles. The Morgan fingerprint density at radius 3 is 2.77 bits per heavy atom. The molecule has 0 aliphatic carbocycles. The largest absolute Gasteiger partial charge is 0.336 e. The van der Waals surface area contributed by atoms with Crippen LogP contribution in [0.4, 0.5) is 5.69 Å². The smallest absolute Gasteiger partial charge is 0.274 e. The molecule has 1 aliphatic heterocycles. The molecule has 6 nitrogen and oxygen atoms in total. The summed E-state index contributed by atoms with van der Waals surface area (Å²) >= 11 is 0. The number of aryl methyl sites for hydroxylation is 1. The van der Waals surface area contributed by atoms with Gasteiger partial charge >= 0.3 is 0 Å². The van der Waals surface area contributed by atoms with E-state index in [2.05, 4.69) is 15.3 Å². The van der Waals surface area contributed by atoms with E-state index < -0.39 is 0 Å². The maximum atomic E-state index is 12.1. The first kappa shape index (κ1) is 14.2. The van der Waals surface area contributed by atoms with E-state index >= 15 is 0 Å². The first-order valence-electron chi connectivity index (χ1n) is 7.06. The average molecular weight is 296 g/mol. The Labute approximate surface area is 128 Å². The van der Waals surface area contributed by atoms with Gasteiger partial charge in [-0.2, -0.15) is 0 Å². The maximum Gasteiger partial charge on any atom is 0.274 e. The Morgan fingerprint density at radius 1 is 1.27 bits per heavy atom. The van der Waals surface area contributed by atoms with Gasteiger partial charge in [-0.1, -0.05) is 12.1 Å². The summed E-state index contributed by atoms with van der Waals surface area (Å²) in [6.07, 6.45) is 4.43. The maximum absolute atomic E-state index is 12.1. The van der Waals surface area contributed by atoms with Crippen molar-refractivity contribution in [2.75, 3.05) is 18.4 Å². The molecule has 0 saturated carbocycles. The van der Waals surface area contributed by atoms with Gasteiger partial charge in [-0.3, -0.25) is 14.6 Å². The number of hydrogen-bond acceptors (Lipinski definition) is 4. The van der Waals surface area contributed by atoms with Gasteiger partial charge in [-0.05, 0) is 24.6 Å². The summed E-state index contributed by atoms with van der Waals surface area (Å²) in [4.78, 5) is 33.7. The number of carbonyl (C=O) groups is 2. The van der Waals surface area contributed by atoms with Crippen LogP contribution < -0.4 is 5.32 Å². The van der Waals surface area contributed by atoms with Crippen molar-refractivity contribution in [1.82, 2.24) is 14.9 Å². The molecule has 1 saturated heterocycles. The fraction of sp³-hybridized carbons (Fsp3) is 0.250. The van der Waals surface area contributed by atoms with E-state index in [0.717, 1.165) is 11.3 Å². The lowest BCUT2D eigenvalue weighted by Gasteiger charge is -2.37. The molecule has 1 fully saturated rings. The van der Waals surface area contributed by atoms with Crippen molar-refractivity contribution in [2.24, 2.45) is 5.92 Å². The van der Waals surface area contributed by atoms with Gasteiger partial charge in [0, 0.05) is 31.2 Å². The van der Waals surface area contributed by atoms with Crippen LogP contribution in [0.1, 0.15) is 16.1 Å². The van der Waals surface area contributed by atoms with Gasteiger partial charge in [0.15, 0.2) is 0 Å². The zero-order chi connectivity index (χ0) is 15.5. The summed E-state index contributed by atoms with van der Waals surface area (Å²) in [5, 5.41) is 2.88. The summed E-state index contributed by atoms with van der Waals surface area (Å²) in [7, 11) is 0. The van der Waals surface area contributed by atoms with Crippen molar-refractivity contribution < 1.29 is 9.59 Å². The minimum atomic E-state index is -0.187. The van der Waals surface area contributed by atoms with Crippen LogP contribution in [0.25, 0.3) is 0 Å². The molecule has 22 heavy (non-hydrogen) atoms. The molecule has 0 atom stereocenters. The van der Waals surface area contributed by atoms with Crippen LogP contribution in [0.5, 0.6) is 0 Å². The van der Waals surface area contributed by atoms with E-state index in [1.54, 1.807) is 4.90 Å². The number of nitrogens with one attached hydrogen (secondary N) is 1. The number of nitrogens with zero attached hydrogens (tertiary/aromatic N) is 3. The monoisotopic (exact) mass is 296 g/mol. The van der Waals surface area contributed by atoms with E-state index in [1.807, 2.05) is 31.2 Å². The topological polar surface area (TPSA) is 75.2 Å². The molecule has 0 spiro atoms. The quantitative estimate of drug-likeness (QED) is 0.931. The van der Waals surface area contributed by atoms with Crippen LogP contribution in [0.3, 0.4) is 0 Å². The zero-order valence-corrected chi connectivity index (χ0v) is 12.2. The third-order valence-electron chi connectivity index (χ3n) is 3.61. The fourth-order valence-corrected chi connectivity index (χ4v) is 2.35. The number of amides is 2. The van der Waals surface area contributed by atoms with Gasteiger partial charge < -0.3 is 10.2 Å². The number of aromatic nitrogens is 2. The molecule has 2 amide bonds. The molecule has 1 aliphatic rings. The van der Waals surface area contributed by atoms with Crippen LogP contribution in [-0.4, -0.2) is 39.8 Å². The van der Waals surface area contributed by atoms with E-state index in [4.69, 9.17) is 0 Å². The Morgan fingerprint density at radius 2 is 2.09 bits per heavy atom. The van der Waals surface area contributed by atoms with E-state index in [9.17, 15) is 9.59 Å². The van der Waals surface area contributed by atoms with Gasteiger partial charge in [0.2, 0.25) is 5.91 Å². The lowest BCUT2D eigenvalue weighted by Crippen LogP contribution is -2.54. The molecule has 2 heterocycles. The van der Waals surface area contributed by atoms with Crippen molar-refractivity contribution >= 4 is 17.5 Å². The van der Waals surface area contributed by atoms with Crippen molar-refractivity contribution in [3.63, 3.8) is 0 Å². The molecular formula is C16H16N4O2. The number of benzene rings is 1. The summed E-state index contributed by atoms with van der Waals surface area (Å²) in [6.45, 7) is 2.79. The van der Waals surface area contributed by atoms with Crippen LogP contribution in [0.2, 0.25) is 0 Å². The first-order valence-corrected chi connectivity index (χ1v) is 7.06. The molecule has 0 unspecified atom stereocenters. The van der Waals surface area contributed by atoms with Crippen molar-refractivity contribution in [3.05, 3.63) is 54.1 Å². The molecular weight excluding hydrogens is 280 g/mol. The Bertz CT molecular complexity index is 696. The zero-order valence-electron chi connectivity index (χ0n) is 12.2. The highest BCUT2D eigenvalue weighted by Gasteiger charge is 2.36. The second-order valence-electron chi connectivity index (χ2n) is 5.36. The lowest BCUT2D eigenvalue weighted by molar-refractivity contribution is -0.123. The third-order valence-corrected chi connectivity index (χ3v) is 3.61. The summed E-state index contributed by atoms with van der Waals surface area (Å²) in [5.41, 5.74) is 2.18. The van der Waals surface area contributed by atoms with Crippen molar-refractivity contribution in [3.8, 4) is 0 Å². The predicted molar refractivity (Wildman–Crippen MR) is 81.2 cm³/mol. The molecule has 112 valence electrons. The second-order valence-corrected chi connectivity index (χ2v) is 5.36. The van der Waals surface area contributed by atoms with Crippen LogP contribution in [-0.2, 0) is 4.79 Å². The van der Waals surface area contributed by atoms with Gasteiger partial charge in [-0.25, -0.2) is 4.98 Å². The summed E-state index contributed by atoms with van der Waals surface area (Å²) in [6, 6.07) is 7.64. The second kappa shape index (κ2) is 5.93. The predicted octanol–water partition coefficient (Wildman–Crippen LogP) is 1.50. The van der Waals surface area contributed by atoms with E-state index in [1.165, 1.54) is 18.6 Å². The number of likely N-dealkylation sites (tertiary alicyclic amines) is 1. The lowest BCUT2D eigenvalue weighted by atomic mass is 9.98. The number of hydrogen-bond donors (Lipinski definition) is 1. The molecule has 1 aromatic heterocycles. The normalized spacial score (nSPS) is 14.3. The molecule has 0 radical (unpaired) electrons. The average Bonchev–Trinajstić information content (AvgIpc) is 2.46. The highest BCUT2D eigenvalue weighted by Crippen LogP contribution is 2.20. The molecule has 0 bridgehead atoms. The third kappa shape index (κ3) is 2.95.